The third-order valence-electron chi connectivity index (χ3n) is 6.76. The molecule has 0 bridgehead atoms. The maximum Gasteiger partial charge on any atom is 0.253 e. The van der Waals surface area contributed by atoms with Gasteiger partial charge in [0.25, 0.3) is 5.91 Å². The Morgan fingerprint density at radius 2 is 2.11 bits per heavy atom. The van der Waals surface area contributed by atoms with Gasteiger partial charge in [-0.1, -0.05) is 6.07 Å². The summed E-state index contributed by atoms with van der Waals surface area (Å²) < 4.78 is 19.9. The van der Waals surface area contributed by atoms with E-state index in [0.717, 1.165) is 58.3 Å². The molecule has 1 aromatic carbocycles. The number of halogens is 1. The van der Waals surface area contributed by atoms with Crippen molar-refractivity contribution in [2.24, 2.45) is 5.41 Å². The van der Waals surface area contributed by atoms with Gasteiger partial charge in [-0.05, 0) is 68.7 Å². The quantitative estimate of drug-likeness (QED) is 0.862. The number of benzene rings is 1. The summed E-state index contributed by atoms with van der Waals surface area (Å²) in [6.45, 7) is 6.55. The zero-order chi connectivity index (χ0) is 19.7. The summed E-state index contributed by atoms with van der Waals surface area (Å²) in [6.07, 6.45) is 4.87. The molecule has 2 atom stereocenters. The van der Waals surface area contributed by atoms with Crippen molar-refractivity contribution in [2.45, 2.75) is 51.2 Å². The molecule has 1 aromatic rings. The van der Waals surface area contributed by atoms with Crippen LogP contribution in [0.25, 0.3) is 0 Å². The third kappa shape index (κ3) is 4.24. The van der Waals surface area contributed by atoms with Gasteiger partial charge in [-0.25, -0.2) is 4.39 Å². The van der Waals surface area contributed by atoms with Crippen LogP contribution >= 0.6 is 0 Å². The predicted octanol–water partition coefficient (Wildman–Crippen LogP) is 2.60. The molecule has 0 radical (unpaired) electrons. The Morgan fingerprint density at radius 1 is 1.32 bits per heavy atom. The largest absolute Gasteiger partial charge is 0.392 e. The third-order valence-corrected chi connectivity index (χ3v) is 6.76. The van der Waals surface area contributed by atoms with Crippen LogP contribution in [-0.2, 0) is 4.74 Å². The number of aryl methyl sites for hydroxylation is 1. The SMILES string of the molecule is Cc1ccc(C(=O)N2CCC3(CC2)CO[C@H](CN2CCC[C@@H](O)C2)C3)cc1F. The summed E-state index contributed by atoms with van der Waals surface area (Å²) >= 11 is 0. The first-order chi connectivity index (χ1) is 13.4. The monoisotopic (exact) mass is 390 g/mol. The smallest absolute Gasteiger partial charge is 0.253 e. The van der Waals surface area contributed by atoms with Gasteiger partial charge in [0.1, 0.15) is 5.82 Å². The van der Waals surface area contributed by atoms with Gasteiger partial charge in [0, 0.05) is 31.7 Å². The summed E-state index contributed by atoms with van der Waals surface area (Å²) in [5, 5.41) is 9.86. The molecule has 0 unspecified atom stereocenters. The van der Waals surface area contributed by atoms with Crippen molar-refractivity contribution in [1.82, 2.24) is 9.80 Å². The molecule has 3 aliphatic rings. The van der Waals surface area contributed by atoms with Crippen LogP contribution in [0.3, 0.4) is 0 Å². The second-order valence-electron chi connectivity index (χ2n) is 8.95. The van der Waals surface area contributed by atoms with Crippen molar-refractivity contribution in [1.29, 1.82) is 0 Å². The molecule has 1 amide bonds. The second kappa shape index (κ2) is 8.09. The molecule has 3 heterocycles. The van der Waals surface area contributed by atoms with Crippen LogP contribution in [0.2, 0.25) is 0 Å². The van der Waals surface area contributed by atoms with Gasteiger partial charge in [-0.3, -0.25) is 9.69 Å². The average molecular weight is 390 g/mol. The highest BCUT2D eigenvalue weighted by atomic mass is 19.1. The summed E-state index contributed by atoms with van der Waals surface area (Å²) in [5.74, 6) is -0.402. The molecular weight excluding hydrogens is 359 g/mol. The van der Waals surface area contributed by atoms with Gasteiger partial charge in [-0.2, -0.15) is 0 Å². The molecule has 3 fully saturated rings. The summed E-state index contributed by atoms with van der Waals surface area (Å²) in [6, 6.07) is 4.73. The van der Waals surface area contributed by atoms with E-state index in [1.807, 2.05) is 4.90 Å². The van der Waals surface area contributed by atoms with Crippen molar-refractivity contribution in [3.05, 3.63) is 35.1 Å². The number of rotatable bonds is 3. The minimum atomic E-state index is -0.325. The lowest BCUT2D eigenvalue weighted by Gasteiger charge is -2.38. The Labute approximate surface area is 166 Å². The first-order valence-corrected chi connectivity index (χ1v) is 10.5. The van der Waals surface area contributed by atoms with E-state index < -0.39 is 0 Å². The van der Waals surface area contributed by atoms with Crippen LogP contribution in [0, 0.1) is 18.2 Å². The molecule has 1 spiro atoms. The molecule has 4 rings (SSSR count). The van der Waals surface area contributed by atoms with E-state index in [0.29, 0.717) is 24.2 Å². The van der Waals surface area contributed by atoms with Crippen molar-refractivity contribution >= 4 is 5.91 Å². The number of piperidine rings is 2. The van der Waals surface area contributed by atoms with Gasteiger partial charge in [0.05, 0.1) is 18.8 Å². The number of ether oxygens (including phenoxy) is 1. The Kier molecular flexibility index (Phi) is 5.72. The van der Waals surface area contributed by atoms with Crippen LogP contribution in [0.4, 0.5) is 4.39 Å². The fraction of sp³-hybridized carbons (Fsp3) is 0.682. The molecule has 28 heavy (non-hydrogen) atoms. The minimum absolute atomic E-state index is 0.0773. The number of carbonyl (C=O) groups is 1. The van der Waals surface area contributed by atoms with E-state index >= 15 is 0 Å². The summed E-state index contributed by atoms with van der Waals surface area (Å²) in [5.41, 5.74) is 1.15. The second-order valence-corrected chi connectivity index (χ2v) is 8.95. The Bertz CT molecular complexity index is 718. The summed E-state index contributed by atoms with van der Waals surface area (Å²) in [4.78, 5) is 16.9. The van der Waals surface area contributed by atoms with E-state index in [4.69, 9.17) is 4.74 Å². The first kappa shape index (κ1) is 19.8. The molecule has 0 aromatic heterocycles. The van der Waals surface area contributed by atoms with Crippen LogP contribution in [0.5, 0.6) is 0 Å². The van der Waals surface area contributed by atoms with Crippen molar-refractivity contribution < 1.29 is 19.0 Å². The topological polar surface area (TPSA) is 53.0 Å². The average Bonchev–Trinajstić information content (AvgIpc) is 3.06. The Morgan fingerprint density at radius 3 is 2.82 bits per heavy atom. The number of aliphatic hydroxyl groups is 1. The minimum Gasteiger partial charge on any atom is -0.392 e. The van der Waals surface area contributed by atoms with E-state index in [1.165, 1.54) is 6.07 Å². The van der Waals surface area contributed by atoms with Crippen LogP contribution in [-0.4, -0.2) is 72.4 Å². The predicted molar refractivity (Wildman–Crippen MR) is 105 cm³/mol. The standard InChI is InChI=1S/C22H31FN2O3/c1-16-4-5-17(11-20(16)23)21(27)25-9-6-22(7-10-25)12-19(28-15-22)14-24-8-2-3-18(26)13-24/h4-5,11,18-19,26H,2-3,6-10,12-15H2,1H3/t18-,19+/m1/s1. The highest BCUT2D eigenvalue weighted by Crippen LogP contribution is 2.42. The molecule has 154 valence electrons. The number of hydrogen-bond acceptors (Lipinski definition) is 4. The van der Waals surface area contributed by atoms with Gasteiger partial charge >= 0.3 is 0 Å². The molecular formula is C22H31FN2O3. The Balaban J connectivity index is 1.30. The number of amides is 1. The highest BCUT2D eigenvalue weighted by molar-refractivity contribution is 5.94. The number of aliphatic hydroxyl groups excluding tert-OH is 1. The van der Waals surface area contributed by atoms with E-state index in [-0.39, 0.29) is 29.3 Å². The molecule has 0 aliphatic carbocycles. The number of nitrogens with zero attached hydrogens (tertiary/aromatic N) is 2. The van der Waals surface area contributed by atoms with E-state index in [9.17, 15) is 14.3 Å². The zero-order valence-corrected chi connectivity index (χ0v) is 16.7. The van der Waals surface area contributed by atoms with E-state index in [1.54, 1.807) is 19.1 Å². The van der Waals surface area contributed by atoms with Crippen molar-refractivity contribution in [3.8, 4) is 0 Å². The van der Waals surface area contributed by atoms with Crippen molar-refractivity contribution in [3.63, 3.8) is 0 Å². The molecule has 1 N–H and O–H groups in total. The maximum absolute atomic E-state index is 13.8. The van der Waals surface area contributed by atoms with Gasteiger partial charge in [-0.15, -0.1) is 0 Å². The normalized spacial score (nSPS) is 28.0. The van der Waals surface area contributed by atoms with Gasteiger partial charge < -0.3 is 14.7 Å². The molecule has 0 saturated carbocycles. The highest BCUT2D eigenvalue weighted by Gasteiger charge is 2.43. The first-order valence-electron chi connectivity index (χ1n) is 10.5. The number of likely N-dealkylation sites (tertiary alicyclic amines) is 2. The van der Waals surface area contributed by atoms with Crippen LogP contribution < -0.4 is 0 Å². The fourth-order valence-electron chi connectivity index (χ4n) is 4.94. The Hall–Kier alpha value is -1.50. The zero-order valence-electron chi connectivity index (χ0n) is 16.7. The lowest BCUT2D eigenvalue weighted by Crippen LogP contribution is -2.44. The molecule has 6 heteroatoms. The molecule has 3 saturated heterocycles. The van der Waals surface area contributed by atoms with Crippen molar-refractivity contribution in [2.75, 3.05) is 39.3 Å². The summed E-state index contributed by atoms with van der Waals surface area (Å²) in [7, 11) is 0. The van der Waals surface area contributed by atoms with Crippen LogP contribution in [0.1, 0.15) is 48.0 Å². The maximum atomic E-state index is 13.8. The number of β-amino-alcohol motifs (C(OH)–C–C–N with tert-alkyl or cyclic N) is 1. The lowest BCUT2D eigenvalue weighted by atomic mass is 9.76. The number of hydrogen-bond donors (Lipinski definition) is 1. The fourth-order valence-corrected chi connectivity index (χ4v) is 4.94. The van der Waals surface area contributed by atoms with Gasteiger partial charge in [0.15, 0.2) is 0 Å². The number of carbonyl (C=O) groups excluding carboxylic acids is 1. The van der Waals surface area contributed by atoms with Gasteiger partial charge in [0.2, 0.25) is 0 Å². The van der Waals surface area contributed by atoms with Crippen LogP contribution in [0.15, 0.2) is 18.2 Å². The molecule has 3 aliphatic heterocycles. The van der Waals surface area contributed by atoms with E-state index in [2.05, 4.69) is 4.90 Å². The molecule has 5 nitrogen and oxygen atoms in total. The lowest BCUT2D eigenvalue weighted by molar-refractivity contribution is 0.0227.